The lowest BCUT2D eigenvalue weighted by molar-refractivity contribution is -0.145. The molecule has 4 nitrogen and oxygen atoms in total. The van der Waals surface area contributed by atoms with Crippen LogP contribution in [0.3, 0.4) is 0 Å². The molecule has 1 fully saturated rings. The molecule has 27 heavy (non-hydrogen) atoms. The highest BCUT2D eigenvalue weighted by atomic mass is 32.2. The molecule has 1 aliphatic rings. The van der Waals surface area contributed by atoms with E-state index in [0.717, 1.165) is 40.4 Å². The van der Waals surface area contributed by atoms with E-state index in [1.807, 2.05) is 0 Å². The molecule has 1 N–H and O–H groups in total. The predicted octanol–water partition coefficient (Wildman–Crippen LogP) is 3.86. The third kappa shape index (κ3) is 4.40. The standard InChI is InChI=1S/C19H13F2NO3S2/c20-13-6-12(7-14(21)10-13)9-16-17(23)22(19(26)27-16)15(18(24)25)8-11-4-2-1-3-5-11/h1-7,9-10,15H,8H2,(H,24,25)/b16-9-. The number of hydrogen-bond donors (Lipinski definition) is 1. The summed E-state index contributed by atoms with van der Waals surface area (Å²) in [5.41, 5.74) is 0.901. The zero-order valence-corrected chi connectivity index (χ0v) is 15.4. The molecule has 1 unspecified atom stereocenters. The van der Waals surface area contributed by atoms with Crippen molar-refractivity contribution in [3.05, 3.63) is 76.2 Å². The van der Waals surface area contributed by atoms with Gasteiger partial charge in [0.05, 0.1) is 4.91 Å². The zero-order chi connectivity index (χ0) is 19.6. The number of carbonyl (C=O) groups is 2. The van der Waals surface area contributed by atoms with Crippen molar-refractivity contribution in [2.75, 3.05) is 0 Å². The van der Waals surface area contributed by atoms with Crippen molar-refractivity contribution in [1.29, 1.82) is 0 Å². The van der Waals surface area contributed by atoms with Gasteiger partial charge in [-0.3, -0.25) is 9.69 Å². The monoisotopic (exact) mass is 405 g/mol. The molecule has 3 rings (SSSR count). The van der Waals surface area contributed by atoms with Gasteiger partial charge in [0.25, 0.3) is 5.91 Å². The molecule has 1 amide bonds. The van der Waals surface area contributed by atoms with Crippen molar-refractivity contribution < 1.29 is 23.5 Å². The first-order chi connectivity index (χ1) is 12.8. The van der Waals surface area contributed by atoms with Crippen LogP contribution in [0.5, 0.6) is 0 Å². The largest absolute Gasteiger partial charge is 0.480 e. The van der Waals surface area contributed by atoms with E-state index in [9.17, 15) is 23.5 Å². The molecule has 0 spiro atoms. The van der Waals surface area contributed by atoms with Gasteiger partial charge in [-0.15, -0.1) is 0 Å². The van der Waals surface area contributed by atoms with Crippen molar-refractivity contribution in [3.63, 3.8) is 0 Å². The van der Waals surface area contributed by atoms with E-state index in [-0.39, 0.29) is 21.2 Å². The van der Waals surface area contributed by atoms with Crippen molar-refractivity contribution >= 4 is 46.3 Å². The van der Waals surface area contributed by atoms with Crippen LogP contribution in [0.25, 0.3) is 6.08 Å². The van der Waals surface area contributed by atoms with E-state index in [2.05, 4.69) is 0 Å². The van der Waals surface area contributed by atoms with Crippen LogP contribution < -0.4 is 0 Å². The summed E-state index contributed by atoms with van der Waals surface area (Å²) >= 11 is 6.10. The third-order valence-corrected chi connectivity index (χ3v) is 5.21. The normalized spacial score (nSPS) is 16.8. The fourth-order valence-electron chi connectivity index (χ4n) is 2.68. The van der Waals surface area contributed by atoms with Gasteiger partial charge in [-0.2, -0.15) is 0 Å². The molecule has 1 atom stereocenters. The summed E-state index contributed by atoms with van der Waals surface area (Å²) < 4.78 is 26.8. The molecular formula is C19H13F2NO3S2. The van der Waals surface area contributed by atoms with Crippen molar-refractivity contribution in [1.82, 2.24) is 4.90 Å². The molecular weight excluding hydrogens is 392 g/mol. The Labute approximate surface area is 163 Å². The molecule has 2 aromatic carbocycles. The summed E-state index contributed by atoms with van der Waals surface area (Å²) in [6.45, 7) is 0. The van der Waals surface area contributed by atoms with E-state index in [1.165, 1.54) is 6.08 Å². The first-order valence-electron chi connectivity index (χ1n) is 7.85. The highest BCUT2D eigenvalue weighted by molar-refractivity contribution is 8.26. The third-order valence-electron chi connectivity index (χ3n) is 3.87. The van der Waals surface area contributed by atoms with Crippen LogP contribution in [0.2, 0.25) is 0 Å². The van der Waals surface area contributed by atoms with Crippen molar-refractivity contribution in [3.8, 4) is 0 Å². The topological polar surface area (TPSA) is 57.6 Å². The number of thiocarbonyl (C=S) groups is 1. The van der Waals surface area contributed by atoms with E-state index in [0.29, 0.717) is 0 Å². The molecule has 0 aromatic heterocycles. The smallest absolute Gasteiger partial charge is 0.327 e. The van der Waals surface area contributed by atoms with Gasteiger partial charge in [0.1, 0.15) is 22.0 Å². The number of carbonyl (C=O) groups excluding carboxylic acids is 1. The maximum Gasteiger partial charge on any atom is 0.327 e. The molecule has 0 radical (unpaired) electrons. The number of benzene rings is 2. The molecule has 0 aliphatic carbocycles. The summed E-state index contributed by atoms with van der Waals surface area (Å²) in [5, 5.41) is 9.60. The first kappa shape index (κ1) is 19.2. The van der Waals surface area contributed by atoms with Gasteiger partial charge in [-0.25, -0.2) is 13.6 Å². The average molecular weight is 405 g/mol. The lowest BCUT2D eigenvalue weighted by Gasteiger charge is -2.23. The molecule has 2 aromatic rings. The lowest BCUT2D eigenvalue weighted by Crippen LogP contribution is -2.45. The van der Waals surface area contributed by atoms with Gasteiger partial charge in [0.2, 0.25) is 0 Å². The maximum atomic E-state index is 13.4. The van der Waals surface area contributed by atoms with E-state index < -0.39 is 29.6 Å². The molecule has 1 aliphatic heterocycles. The Morgan fingerprint density at radius 1 is 1.19 bits per heavy atom. The second-order valence-electron chi connectivity index (χ2n) is 5.80. The predicted molar refractivity (Wildman–Crippen MR) is 103 cm³/mol. The van der Waals surface area contributed by atoms with Gasteiger partial charge < -0.3 is 5.11 Å². The van der Waals surface area contributed by atoms with Crippen molar-refractivity contribution in [2.24, 2.45) is 0 Å². The highest BCUT2D eigenvalue weighted by Crippen LogP contribution is 2.35. The molecule has 1 saturated heterocycles. The van der Waals surface area contributed by atoms with Crippen LogP contribution in [0.1, 0.15) is 11.1 Å². The Morgan fingerprint density at radius 2 is 1.81 bits per heavy atom. The van der Waals surface area contributed by atoms with Gasteiger partial charge in [-0.1, -0.05) is 54.3 Å². The Morgan fingerprint density at radius 3 is 2.41 bits per heavy atom. The summed E-state index contributed by atoms with van der Waals surface area (Å²) in [5.74, 6) is -3.33. The first-order valence-corrected chi connectivity index (χ1v) is 9.07. The summed E-state index contributed by atoms with van der Waals surface area (Å²) in [7, 11) is 0. The number of aliphatic carboxylic acids is 1. The minimum Gasteiger partial charge on any atom is -0.480 e. The molecule has 0 saturated carbocycles. The Balaban J connectivity index is 1.89. The lowest BCUT2D eigenvalue weighted by atomic mass is 10.0. The summed E-state index contributed by atoms with van der Waals surface area (Å²) in [4.78, 5) is 25.6. The fourth-order valence-corrected chi connectivity index (χ4v) is 4.04. The van der Waals surface area contributed by atoms with Crippen LogP contribution in [0, 0.1) is 11.6 Å². The Kier molecular flexibility index (Phi) is 5.67. The molecule has 8 heteroatoms. The second-order valence-corrected chi connectivity index (χ2v) is 7.47. The fraction of sp³-hybridized carbons (Fsp3) is 0.105. The Hall–Kier alpha value is -2.58. The van der Waals surface area contributed by atoms with Gasteiger partial charge in [-0.05, 0) is 29.3 Å². The number of rotatable bonds is 5. The van der Waals surface area contributed by atoms with Crippen molar-refractivity contribution in [2.45, 2.75) is 12.5 Å². The quantitative estimate of drug-likeness (QED) is 0.605. The van der Waals surface area contributed by atoms with Gasteiger partial charge in [0, 0.05) is 12.5 Å². The minimum absolute atomic E-state index is 0.0878. The summed E-state index contributed by atoms with van der Waals surface area (Å²) in [6, 6.07) is 10.6. The van der Waals surface area contributed by atoms with Gasteiger partial charge >= 0.3 is 5.97 Å². The minimum atomic E-state index is -1.19. The van der Waals surface area contributed by atoms with E-state index >= 15 is 0 Å². The molecule has 0 bridgehead atoms. The zero-order valence-electron chi connectivity index (χ0n) is 13.8. The number of amides is 1. The van der Waals surface area contributed by atoms with Crippen LogP contribution in [-0.4, -0.2) is 32.2 Å². The molecule has 138 valence electrons. The number of carboxylic acids is 1. The van der Waals surface area contributed by atoms with Gasteiger partial charge in [0.15, 0.2) is 0 Å². The van der Waals surface area contributed by atoms with E-state index in [1.54, 1.807) is 30.3 Å². The van der Waals surface area contributed by atoms with E-state index in [4.69, 9.17) is 12.2 Å². The number of thioether (sulfide) groups is 1. The maximum absolute atomic E-state index is 13.4. The number of halogens is 2. The van der Waals surface area contributed by atoms with Crippen LogP contribution in [0.4, 0.5) is 8.78 Å². The second kappa shape index (κ2) is 7.98. The number of carboxylic acid groups (broad SMARTS) is 1. The number of nitrogens with zero attached hydrogens (tertiary/aromatic N) is 1. The highest BCUT2D eigenvalue weighted by Gasteiger charge is 2.40. The average Bonchev–Trinajstić information content (AvgIpc) is 2.86. The van der Waals surface area contributed by atoms with Crippen LogP contribution in [-0.2, 0) is 16.0 Å². The number of hydrogen-bond acceptors (Lipinski definition) is 4. The molecule has 1 heterocycles. The Bertz CT molecular complexity index is 927. The SMILES string of the molecule is O=C(O)C(Cc1ccccc1)N1C(=O)/C(=C/c2cc(F)cc(F)c2)SC1=S. The summed E-state index contributed by atoms with van der Waals surface area (Å²) in [6.07, 6.45) is 1.39. The van der Waals surface area contributed by atoms with Crippen LogP contribution in [0.15, 0.2) is 53.4 Å². The van der Waals surface area contributed by atoms with Crippen LogP contribution >= 0.6 is 24.0 Å².